The number of sulfonamides is 1. The SMILES string of the molecule is CC(C)COc1ccc(-c2ccc(NS(=O)(=O)c3cc(C(F)(F)F)ccc3Cl)cc2)nn1. The van der Waals surface area contributed by atoms with Crippen molar-refractivity contribution < 1.29 is 26.3 Å². The topological polar surface area (TPSA) is 81.2 Å². The van der Waals surface area contributed by atoms with E-state index in [1.54, 1.807) is 24.3 Å². The van der Waals surface area contributed by atoms with Crippen LogP contribution in [0.2, 0.25) is 5.02 Å². The molecular formula is C21H19ClF3N3O3S. The van der Waals surface area contributed by atoms with E-state index in [2.05, 4.69) is 14.9 Å². The zero-order chi connectivity index (χ0) is 23.5. The van der Waals surface area contributed by atoms with Crippen molar-refractivity contribution in [3.8, 4) is 17.1 Å². The van der Waals surface area contributed by atoms with Crippen LogP contribution in [0.1, 0.15) is 19.4 Å². The fourth-order valence-electron chi connectivity index (χ4n) is 2.61. The standard InChI is InChI=1S/C21H19ClF3N3O3S/c1-13(2)12-31-20-10-9-18(26-27-20)14-3-6-16(7-4-14)28-32(29,30)19-11-15(21(23,24)25)5-8-17(19)22/h3-11,13,28H,12H2,1-2H3. The lowest BCUT2D eigenvalue weighted by molar-refractivity contribution is -0.137. The van der Waals surface area contributed by atoms with Gasteiger partial charge in [0.2, 0.25) is 5.88 Å². The number of nitrogens with one attached hydrogen (secondary N) is 1. The van der Waals surface area contributed by atoms with Gasteiger partial charge in [0, 0.05) is 17.3 Å². The van der Waals surface area contributed by atoms with Gasteiger partial charge in [0.05, 0.1) is 22.9 Å². The number of hydrogen-bond donors (Lipinski definition) is 1. The summed E-state index contributed by atoms with van der Waals surface area (Å²) < 4.78 is 71.8. The van der Waals surface area contributed by atoms with E-state index in [-0.39, 0.29) is 10.7 Å². The summed E-state index contributed by atoms with van der Waals surface area (Å²) in [6.07, 6.45) is -4.70. The second kappa shape index (κ2) is 9.33. The van der Waals surface area contributed by atoms with E-state index in [0.29, 0.717) is 35.7 Å². The Balaban J connectivity index is 1.77. The lowest BCUT2D eigenvalue weighted by atomic mass is 10.1. The second-order valence-electron chi connectivity index (χ2n) is 7.29. The van der Waals surface area contributed by atoms with Gasteiger partial charge in [0.15, 0.2) is 0 Å². The van der Waals surface area contributed by atoms with Crippen molar-refractivity contribution in [3.63, 3.8) is 0 Å². The van der Waals surface area contributed by atoms with Crippen molar-refractivity contribution >= 4 is 27.3 Å². The van der Waals surface area contributed by atoms with Crippen LogP contribution in [-0.2, 0) is 16.2 Å². The van der Waals surface area contributed by atoms with E-state index >= 15 is 0 Å². The molecule has 0 unspecified atom stereocenters. The van der Waals surface area contributed by atoms with Crippen molar-refractivity contribution in [2.24, 2.45) is 5.92 Å². The maximum Gasteiger partial charge on any atom is 0.416 e. The minimum atomic E-state index is -4.70. The van der Waals surface area contributed by atoms with Crippen LogP contribution in [0.5, 0.6) is 5.88 Å². The number of hydrogen-bond acceptors (Lipinski definition) is 5. The summed E-state index contributed by atoms with van der Waals surface area (Å²) in [5, 5.41) is 7.76. The molecule has 3 aromatic rings. The Morgan fingerprint density at radius 3 is 2.28 bits per heavy atom. The van der Waals surface area contributed by atoms with Gasteiger partial charge >= 0.3 is 6.18 Å². The first-order chi connectivity index (χ1) is 15.0. The van der Waals surface area contributed by atoms with Gasteiger partial charge in [-0.2, -0.15) is 13.2 Å². The monoisotopic (exact) mass is 485 g/mol. The molecule has 170 valence electrons. The molecule has 0 aliphatic carbocycles. The number of rotatable bonds is 7. The Morgan fingerprint density at radius 1 is 1.03 bits per heavy atom. The van der Waals surface area contributed by atoms with Crippen LogP contribution in [-0.4, -0.2) is 25.2 Å². The number of aromatic nitrogens is 2. The normalized spacial score (nSPS) is 12.1. The van der Waals surface area contributed by atoms with Crippen LogP contribution in [0.25, 0.3) is 11.3 Å². The summed E-state index contributed by atoms with van der Waals surface area (Å²) in [7, 11) is -4.35. The Morgan fingerprint density at radius 2 is 1.72 bits per heavy atom. The molecule has 3 rings (SSSR count). The quantitative estimate of drug-likeness (QED) is 0.467. The van der Waals surface area contributed by atoms with Gasteiger partial charge in [-0.15, -0.1) is 10.2 Å². The van der Waals surface area contributed by atoms with Crippen LogP contribution in [0.3, 0.4) is 0 Å². The lowest BCUT2D eigenvalue weighted by Gasteiger charge is -2.13. The molecule has 1 N–H and O–H groups in total. The fourth-order valence-corrected chi connectivity index (χ4v) is 4.19. The molecule has 0 spiro atoms. The zero-order valence-corrected chi connectivity index (χ0v) is 18.6. The predicted octanol–water partition coefficient (Wildman–Crippen LogP) is 5.65. The van der Waals surface area contributed by atoms with Crippen molar-refractivity contribution in [2.45, 2.75) is 24.9 Å². The summed E-state index contributed by atoms with van der Waals surface area (Å²) >= 11 is 5.84. The summed E-state index contributed by atoms with van der Waals surface area (Å²) in [6.45, 7) is 4.54. The summed E-state index contributed by atoms with van der Waals surface area (Å²) in [6, 6.07) is 11.6. The van der Waals surface area contributed by atoms with Crippen molar-refractivity contribution in [1.29, 1.82) is 0 Å². The highest BCUT2D eigenvalue weighted by atomic mass is 35.5. The lowest BCUT2D eigenvalue weighted by Crippen LogP contribution is -2.15. The van der Waals surface area contributed by atoms with Gasteiger partial charge < -0.3 is 4.74 Å². The number of nitrogens with zero attached hydrogens (tertiary/aromatic N) is 2. The molecule has 0 atom stereocenters. The van der Waals surface area contributed by atoms with Gasteiger partial charge in [-0.3, -0.25) is 4.72 Å². The van der Waals surface area contributed by atoms with Crippen LogP contribution < -0.4 is 9.46 Å². The highest BCUT2D eigenvalue weighted by Crippen LogP contribution is 2.34. The van der Waals surface area contributed by atoms with Gasteiger partial charge in [0.25, 0.3) is 10.0 Å². The van der Waals surface area contributed by atoms with Gasteiger partial charge in [-0.05, 0) is 42.3 Å². The maximum absolute atomic E-state index is 12.9. The second-order valence-corrected chi connectivity index (χ2v) is 9.35. The van der Waals surface area contributed by atoms with Gasteiger partial charge in [-0.1, -0.05) is 37.6 Å². The van der Waals surface area contributed by atoms with E-state index in [1.807, 2.05) is 13.8 Å². The molecule has 2 aromatic carbocycles. The number of ether oxygens (including phenoxy) is 1. The summed E-state index contributed by atoms with van der Waals surface area (Å²) in [5.41, 5.74) is 0.231. The van der Waals surface area contributed by atoms with Crippen molar-refractivity contribution in [3.05, 3.63) is 65.2 Å². The van der Waals surface area contributed by atoms with E-state index in [4.69, 9.17) is 16.3 Å². The molecule has 0 amide bonds. The fraction of sp³-hybridized carbons (Fsp3) is 0.238. The third-order valence-electron chi connectivity index (χ3n) is 4.19. The molecule has 0 saturated heterocycles. The third kappa shape index (κ3) is 5.89. The molecule has 0 saturated carbocycles. The van der Waals surface area contributed by atoms with E-state index < -0.39 is 26.7 Å². The molecule has 0 aliphatic rings. The largest absolute Gasteiger partial charge is 0.476 e. The zero-order valence-electron chi connectivity index (χ0n) is 17.0. The maximum atomic E-state index is 12.9. The van der Waals surface area contributed by atoms with Crippen LogP contribution in [0, 0.1) is 5.92 Å². The number of alkyl halides is 3. The molecule has 0 bridgehead atoms. The van der Waals surface area contributed by atoms with Crippen LogP contribution >= 0.6 is 11.6 Å². The van der Waals surface area contributed by atoms with E-state index in [9.17, 15) is 21.6 Å². The third-order valence-corrected chi connectivity index (χ3v) is 6.05. The predicted molar refractivity (Wildman–Crippen MR) is 115 cm³/mol. The van der Waals surface area contributed by atoms with E-state index in [0.717, 1.165) is 12.1 Å². The molecule has 0 fully saturated rings. The van der Waals surface area contributed by atoms with Crippen molar-refractivity contribution in [2.75, 3.05) is 11.3 Å². The van der Waals surface area contributed by atoms with E-state index in [1.165, 1.54) is 12.1 Å². The number of halogens is 4. The molecule has 6 nitrogen and oxygen atoms in total. The molecule has 32 heavy (non-hydrogen) atoms. The first-order valence-corrected chi connectivity index (χ1v) is 11.3. The Hall–Kier alpha value is -2.85. The number of benzene rings is 2. The molecule has 0 radical (unpaired) electrons. The molecule has 1 heterocycles. The highest BCUT2D eigenvalue weighted by molar-refractivity contribution is 7.92. The minimum absolute atomic E-state index is 0.145. The first-order valence-electron chi connectivity index (χ1n) is 9.42. The Bertz CT molecular complexity index is 1180. The Kier molecular flexibility index (Phi) is 6.94. The summed E-state index contributed by atoms with van der Waals surface area (Å²) in [4.78, 5) is -0.666. The minimum Gasteiger partial charge on any atom is -0.476 e. The van der Waals surface area contributed by atoms with Crippen molar-refractivity contribution in [1.82, 2.24) is 10.2 Å². The average molecular weight is 486 g/mol. The van der Waals surface area contributed by atoms with Gasteiger partial charge in [0.1, 0.15) is 4.90 Å². The molecule has 1 aromatic heterocycles. The Labute approximate surface area is 188 Å². The number of anilines is 1. The smallest absolute Gasteiger partial charge is 0.416 e. The van der Waals surface area contributed by atoms with Gasteiger partial charge in [-0.25, -0.2) is 8.42 Å². The van der Waals surface area contributed by atoms with Crippen LogP contribution in [0.15, 0.2) is 59.5 Å². The highest BCUT2D eigenvalue weighted by Gasteiger charge is 2.32. The van der Waals surface area contributed by atoms with Crippen LogP contribution in [0.4, 0.5) is 18.9 Å². The average Bonchev–Trinajstić information content (AvgIpc) is 2.72. The molecule has 0 aliphatic heterocycles. The first kappa shape index (κ1) is 23.8. The summed E-state index contributed by atoms with van der Waals surface area (Å²) in [5.74, 6) is 0.739. The molecule has 11 heteroatoms. The molecular weight excluding hydrogens is 467 g/mol.